The number of carboxylic acid groups (broad SMARTS) is 1. The van der Waals surface area contributed by atoms with Gasteiger partial charge >= 0.3 is 5.97 Å². The number of rotatable bonds is 8. The predicted octanol–water partition coefficient (Wildman–Crippen LogP) is -0.806. The summed E-state index contributed by atoms with van der Waals surface area (Å²) in [7, 11) is 0. The maximum Gasteiger partial charge on any atom is 0.328 e. The predicted molar refractivity (Wildman–Crippen MR) is 121 cm³/mol. The van der Waals surface area contributed by atoms with Gasteiger partial charge in [-0.2, -0.15) is 0 Å². The highest BCUT2D eigenvalue weighted by molar-refractivity contribution is 5.95. The zero-order valence-electron chi connectivity index (χ0n) is 19.1. The molecule has 11 nitrogen and oxygen atoms in total. The van der Waals surface area contributed by atoms with Crippen molar-refractivity contribution in [2.75, 3.05) is 13.1 Å². The molecule has 186 valence electrons. The zero-order chi connectivity index (χ0) is 25.0. The number of aliphatic hydroxyl groups excluding tert-OH is 1. The highest BCUT2D eigenvalue weighted by Crippen LogP contribution is 2.26. The molecule has 11 heteroatoms. The Kier molecular flexibility index (Phi) is 8.11. The first kappa shape index (κ1) is 25.4. The lowest BCUT2D eigenvalue weighted by molar-refractivity contribution is -0.149. The molecule has 3 amide bonds. The largest absolute Gasteiger partial charge is 0.508 e. The number of aliphatic hydroxyl groups is 1. The van der Waals surface area contributed by atoms with Gasteiger partial charge < -0.3 is 36.2 Å². The topological polar surface area (TPSA) is 173 Å². The van der Waals surface area contributed by atoms with Crippen LogP contribution < -0.4 is 11.1 Å². The quantitative estimate of drug-likeness (QED) is 0.324. The number of nitrogens with zero attached hydrogens (tertiary/aromatic N) is 2. The van der Waals surface area contributed by atoms with Crippen LogP contribution in [-0.2, 0) is 25.6 Å². The van der Waals surface area contributed by atoms with Gasteiger partial charge in [-0.15, -0.1) is 0 Å². The zero-order valence-corrected chi connectivity index (χ0v) is 19.1. The average molecular weight is 477 g/mol. The van der Waals surface area contributed by atoms with Gasteiger partial charge in [0, 0.05) is 13.1 Å². The van der Waals surface area contributed by atoms with Crippen molar-refractivity contribution < 1.29 is 34.5 Å². The molecule has 2 aliphatic rings. The van der Waals surface area contributed by atoms with Crippen LogP contribution in [0.15, 0.2) is 24.3 Å². The van der Waals surface area contributed by atoms with E-state index in [-0.39, 0.29) is 24.0 Å². The van der Waals surface area contributed by atoms with Gasteiger partial charge in [-0.25, -0.2) is 4.79 Å². The van der Waals surface area contributed by atoms with Gasteiger partial charge in [-0.05, 0) is 56.7 Å². The van der Waals surface area contributed by atoms with E-state index in [0.29, 0.717) is 38.8 Å². The van der Waals surface area contributed by atoms with Crippen LogP contribution in [0, 0.1) is 0 Å². The number of aromatic hydroxyl groups is 1. The van der Waals surface area contributed by atoms with E-state index in [0.717, 1.165) is 5.56 Å². The summed E-state index contributed by atoms with van der Waals surface area (Å²) in [6, 6.07) is 2.44. The Labute approximate surface area is 197 Å². The van der Waals surface area contributed by atoms with Gasteiger partial charge in [0.25, 0.3) is 0 Å². The number of carboxylic acids is 1. The third-order valence-corrected chi connectivity index (χ3v) is 6.41. The van der Waals surface area contributed by atoms with Gasteiger partial charge in [-0.1, -0.05) is 12.1 Å². The van der Waals surface area contributed by atoms with Gasteiger partial charge in [0.05, 0.1) is 12.1 Å². The number of hydrogen-bond acceptors (Lipinski definition) is 7. The Morgan fingerprint density at radius 1 is 1.06 bits per heavy atom. The van der Waals surface area contributed by atoms with Gasteiger partial charge in [0.1, 0.15) is 17.8 Å². The van der Waals surface area contributed by atoms with Crippen molar-refractivity contribution in [3.8, 4) is 5.75 Å². The Bertz CT molecular complexity index is 920. The molecule has 2 heterocycles. The number of amides is 3. The molecule has 2 saturated heterocycles. The lowest BCUT2D eigenvalue weighted by atomic mass is 10.0. The fourth-order valence-corrected chi connectivity index (χ4v) is 4.61. The van der Waals surface area contributed by atoms with Crippen LogP contribution in [0.4, 0.5) is 0 Å². The fourth-order valence-electron chi connectivity index (χ4n) is 4.61. The first-order valence-corrected chi connectivity index (χ1v) is 11.5. The molecule has 6 N–H and O–H groups in total. The summed E-state index contributed by atoms with van der Waals surface area (Å²) in [4.78, 5) is 53.4. The van der Waals surface area contributed by atoms with E-state index in [4.69, 9.17) is 5.73 Å². The Hall–Kier alpha value is -3.18. The second kappa shape index (κ2) is 10.8. The van der Waals surface area contributed by atoms with Crippen molar-refractivity contribution in [1.29, 1.82) is 0 Å². The second-order valence-corrected chi connectivity index (χ2v) is 8.92. The molecule has 5 unspecified atom stereocenters. The highest BCUT2D eigenvalue weighted by atomic mass is 16.4. The molecule has 0 radical (unpaired) electrons. The van der Waals surface area contributed by atoms with Crippen LogP contribution in [0.3, 0.4) is 0 Å². The number of hydrogen-bond donors (Lipinski definition) is 5. The number of likely N-dealkylation sites (tertiary alicyclic amines) is 2. The summed E-state index contributed by atoms with van der Waals surface area (Å²) in [5.74, 6) is -2.61. The van der Waals surface area contributed by atoms with E-state index in [1.165, 1.54) is 28.9 Å². The van der Waals surface area contributed by atoms with Crippen molar-refractivity contribution >= 4 is 23.7 Å². The average Bonchev–Trinajstić information content (AvgIpc) is 3.47. The monoisotopic (exact) mass is 476 g/mol. The summed E-state index contributed by atoms with van der Waals surface area (Å²) in [5.41, 5.74) is 6.93. The minimum atomic E-state index is -1.48. The summed E-state index contributed by atoms with van der Waals surface area (Å²) in [5, 5.41) is 30.6. The Balaban J connectivity index is 1.67. The highest BCUT2D eigenvalue weighted by Gasteiger charge is 2.43. The van der Waals surface area contributed by atoms with Crippen LogP contribution in [-0.4, -0.2) is 92.2 Å². The van der Waals surface area contributed by atoms with Crippen LogP contribution in [0.1, 0.15) is 38.2 Å². The molecule has 34 heavy (non-hydrogen) atoms. The summed E-state index contributed by atoms with van der Waals surface area (Å²) >= 11 is 0. The minimum Gasteiger partial charge on any atom is -0.508 e. The number of nitrogens with two attached hydrogens (primary N) is 1. The van der Waals surface area contributed by atoms with Crippen LogP contribution >= 0.6 is 0 Å². The smallest absolute Gasteiger partial charge is 0.328 e. The van der Waals surface area contributed by atoms with Crippen LogP contribution in [0.25, 0.3) is 0 Å². The van der Waals surface area contributed by atoms with Crippen molar-refractivity contribution in [1.82, 2.24) is 15.1 Å². The molecule has 5 atom stereocenters. The van der Waals surface area contributed by atoms with Crippen LogP contribution in [0.2, 0.25) is 0 Å². The van der Waals surface area contributed by atoms with Crippen molar-refractivity contribution in [3.63, 3.8) is 0 Å². The van der Waals surface area contributed by atoms with Crippen molar-refractivity contribution in [2.24, 2.45) is 5.73 Å². The lowest BCUT2D eigenvalue weighted by Crippen LogP contribution is -2.57. The SMILES string of the molecule is CC(O)C(NC(=O)C1CCCN1C(=O)C1CCCN1C(=O)C(N)Cc1ccc(O)cc1)C(=O)O. The normalized spacial score (nSPS) is 22.8. The maximum absolute atomic E-state index is 13.4. The molecule has 1 aromatic rings. The molecule has 3 rings (SSSR count). The summed E-state index contributed by atoms with van der Waals surface area (Å²) in [6.45, 7) is 1.97. The van der Waals surface area contributed by atoms with Crippen LogP contribution in [0.5, 0.6) is 5.75 Å². The minimum absolute atomic E-state index is 0.112. The van der Waals surface area contributed by atoms with E-state index < -0.39 is 42.1 Å². The molecule has 0 spiro atoms. The van der Waals surface area contributed by atoms with Crippen molar-refractivity contribution in [3.05, 3.63) is 29.8 Å². The maximum atomic E-state index is 13.4. The molecule has 2 fully saturated rings. The number of phenols is 1. The van der Waals surface area contributed by atoms with Gasteiger partial charge in [0.2, 0.25) is 17.7 Å². The Morgan fingerprint density at radius 2 is 1.65 bits per heavy atom. The molecule has 0 aliphatic carbocycles. The standard InChI is InChI=1S/C23H32N4O7/c1-13(28)19(23(33)34)25-20(30)17-4-2-10-26(17)22(32)18-5-3-11-27(18)21(31)16(24)12-14-6-8-15(29)9-7-14/h6-9,13,16-19,28-29H,2-5,10-12,24H2,1H3,(H,25,30)(H,33,34). The van der Waals surface area contributed by atoms with E-state index in [1.54, 1.807) is 12.1 Å². The number of nitrogens with one attached hydrogen (secondary N) is 1. The molecular formula is C23H32N4O7. The summed E-state index contributed by atoms with van der Waals surface area (Å²) < 4.78 is 0. The number of phenolic OH excluding ortho intramolecular Hbond substituents is 1. The summed E-state index contributed by atoms with van der Waals surface area (Å²) in [6.07, 6.45) is 0.961. The molecule has 0 aromatic heterocycles. The number of benzene rings is 1. The molecule has 2 aliphatic heterocycles. The second-order valence-electron chi connectivity index (χ2n) is 8.92. The third kappa shape index (κ3) is 5.65. The lowest BCUT2D eigenvalue weighted by Gasteiger charge is -2.32. The van der Waals surface area contributed by atoms with E-state index in [9.17, 15) is 34.5 Å². The third-order valence-electron chi connectivity index (χ3n) is 6.41. The first-order chi connectivity index (χ1) is 16.1. The van der Waals surface area contributed by atoms with Gasteiger partial charge in [0.15, 0.2) is 6.04 Å². The number of carbonyl (C=O) groups excluding carboxylic acids is 3. The van der Waals surface area contributed by atoms with E-state index in [2.05, 4.69) is 5.32 Å². The Morgan fingerprint density at radius 3 is 2.24 bits per heavy atom. The van der Waals surface area contributed by atoms with E-state index in [1.807, 2.05) is 0 Å². The first-order valence-electron chi connectivity index (χ1n) is 11.5. The number of carbonyl (C=O) groups is 4. The van der Waals surface area contributed by atoms with Gasteiger partial charge in [-0.3, -0.25) is 14.4 Å². The molecule has 0 saturated carbocycles. The van der Waals surface area contributed by atoms with Crippen molar-refractivity contribution in [2.45, 2.75) is 69.3 Å². The molecular weight excluding hydrogens is 444 g/mol. The number of aliphatic carboxylic acids is 1. The molecule has 0 bridgehead atoms. The van der Waals surface area contributed by atoms with E-state index >= 15 is 0 Å². The molecule has 1 aromatic carbocycles. The fraction of sp³-hybridized carbons (Fsp3) is 0.565.